The molecule has 1 aliphatic carbocycles. The number of benzene rings is 1. The SMILES string of the molecule is Cc1cc(-c2nncn2C2CC2)c(F)cc1F. The van der Waals surface area contributed by atoms with E-state index in [1.165, 1.54) is 6.07 Å². The summed E-state index contributed by atoms with van der Waals surface area (Å²) >= 11 is 0. The van der Waals surface area contributed by atoms with E-state index >= 15 is 0 Å². The molecule has 0 N–H and O–H groups in total. The third kappa shape index (κ3) is 1.71. The van der Waals surface area contributed by atoms with Gasteiger partial charge in [-0.05, 0) is 31.4 Å². The Morgan fingerprint density at radius 3 is 2.71 bits per heavy atom. The Bertz CT molecular complexity index is 573. The highest BCUT2D eigenvalue weighted by Crippen LogP contribution is 2.38. The number of halogens is 2. The Labute approximate surface area is 97.1 Å². The monoisotopic (exact) mass is 235 g/mol. The van der Waals surface area contributed by atoms with Crippen LogP contribution in [0.25, 0.3) is 11.4 Å². The number of rotatable bonds is 2. The van der Waals surface area contributed by atoms with Gasteiger partial charge in [-0.15, -0.1) is 10.2 Å². The summed E-state index contributed by atoms with van der Waals surface area (Å²) in [5.74, 6) is -0.653. The Balaban J connectivity index is 2.14. The van der Waals surface area contributed by atoms with Crippen LogP contribution in [0, 0.1) is 18.6 Å². The highest BCUT2D eigenvalue weighted by molar-refractivity contribution is 5.57. The van der Waals surface area contributed by atoms with Crippen molar-refractivity contribution in [3.8, 4) is 11.4 Å². The molecule has 3 rings (SSSR count). The van der Waals surface area contributed by atoms with Gasteiger partial charge in [-0.1, -0.05) is 0 Å². The number of aryl methyl sites for hydroxylation is 1. The summed E-state index contributed by atoms with van der Waals surface area (Å²) in [5, 5.41) is 7.74. The molecule has 0 saturated heterocycles. The van der Waals surface area contributed by atoms with Gasteiger partial charge in [-0.25, -0.2) is 8.78 Å². The summed E-state index contributed by atoms with van der Waals surface area (Å²) in [6.07, 6.45) is 3.73. The molecule has 1 aliphatic rings. The molecule has 0 bridgehead atoms. The summed E-state index contributed by atoms with van der Waals surface area (Å²) in [6.45, 7) is 1.61. The molecule has 2 aromatic rings. The number of aromatic nitrogens is 3. The third-order valence-electron chi connectivity index (χ3n) is 3.00. The van der Waals surface area contributed by atoms with Gasteiger partial charge in [0.05, 0.1) is 5.56 Å². The normalized spacial score (nSPS) is 15.2. The zero-order valence-corrected chi connectivity index (χ0v) is 9.32. The smallest absolute Gasteiger partial charge is 0.166 e. The lowest BCUT2D eigenvalue weighted by molar-refractivity contribution is 0.577. The van der Waals surface area contributed by atoms with Crippen LogP contribution in [-0.2, 0) is 0 Å². The largest absolute Gasteiger partial charge is 0.310 e. The van der Waals surface area contributed by atoms with Gasteiger partial charge < -0.3 is 4.57 Å². The van der Waals surface area contributed by atoms with Crippen molar-refractivity contribution in [2.45, 2.75) is 25.8 Å². The lowest BCUT2D eigenvalue weighted by atomic mass is 10.1. The molecule has 3 nitrogen and oxygen atoms in total. The predicted octanol–water partition coefficient (Wildman–Crippen LogP) is 2.87. The molecule has 88 valence electrons. The molecule has 0 aliphatic heterocycles. The maximum absolute atomic E-state index is 13.7. The average Bonchev–Trinajstić information content (AvgIpc) is 3.02. The van der Waals surface area contributed by atoms with Crippen LogP contribution in [0.1, 0.15) is 24.4 Å². The molecule has 0 unspecified atom stereocenters. The summed E-state index contributed by atoms with van der Waals surface area (Å²) < 4.78 is 28.8. The molecule has 1 fully saturated rings. The van der Waals surface area contributed by atoms with Gasteiger partial charge in [-0.2, -0.15) is 0 Å². The minimum atomic E-state index is -0.594. The fraction of sp³-hybridized carbons (Fsp3) is 0.333. The van der Waals surface area contributed by atoms with Crippen LogP contribution in [-0.4, -0.2) is 14.8 Å². The van der Waals surface area contributed by atoms with Crippen LogP contribution in [0.5, 0.6) is 0 Å². The fourth-order valence-corrected chi connectivity index (χ4v) is 1.88. The standard InChI is InChI=1S/C12H11F2N3/c1-7-4-9(11(14)5-10(7)13)12-16-15-6-17(12)8-2-3-8/h4-6,8H,2-3H2,1H3. The zero-order chi connectivity index (χ0) is 12.0. The van der Waals surface area contributed by atoms with Crippen molar-refractivity contribution in [2.24, 2.45) is 0 Å². The minimum absolute atomic E-state index is 0.313. The Kier molecular flexibility index (Phi) is 2.21. The summed E-state index contributed by atoms with van der Waals surface area (Å²) in [5.41, 5.74) is 0.722. The van der Waals surface area contributed by atoms with E-state index in [9.17, 15) is 8.78 Å². The van der Waals surface area contributed by atoms with Crippen LogP contribution < -0.4 is 0 Å². The van der Waals surface area contributed by atoms with Crippen molar-refractivity contribution in [2.75, 3.05) is 0 Å². The summed E-state index contributed by atoms with van der Waals surface area (Å²) in [7, 11) is 0. The molecule has 0 radical (unpaired) electrons. The van der Waals surface area contributed by atoms with Crippen LogP contribution in [0.15, 0.2) is 18.5 Å². The second-order valence-electron chi connectivity index (χ2n) is 4.37. The van der Waals surface area contributed by atoms with E-state index < -0.39 is 11.6 Å². The second-order valence-corrected chi connectivity index (χ2v) is 4.37. The Hall–Kier alpha value is -1.78. The van der Waals surface area contributed by atoms with E-state index in [1.54, 1.807) is 13.3 Å². The van der Waals surface area contributed by atoms with E-state index in [0.717, 1.165) is 18.9 Å². The minimum Gasteiger partial charge on any atom is -0.310 e. The van der Waals surface area contributed by atoms with Crippen molar-refractivity contribution in [1.29, 1.82) is 0 Å². The molecular formula is C12H11F2N3. The Morgan fingerprint density at radius 2 is 2.00 bits per heavy atom. The quantitative estimate of drug-likeness (QED) is 0.801. The molecule has 1 aromatic heterocycles. The summed E-state index contributed by atoms with van der Waals surface area (Å²) in [4.78, 5) is 0. The lowest BCUT2D eigenvalue weighted by Crippen LogP contribution is -1.99. The first kappa shape index (κ1) is 10.4. The number of nitrogens with zero attached hydrogens (tertiary/aromatic N) is 3. The first-order valence-corrected chi connectivity index (χ1v) is 5.52. The fourth-order valence-electron chi connectivity index (χ4n) is 1.88. The zero-order valence-electron chi connectivity index (χ0n) is 9.32. The van der Waals surface area contributed by atoms with Crippen molar-refractivity contribution in [1.82, 2.24) is 14.8 Å². The maximum Gasteiger partial charge on any atom is 0.166 e. The van der Waals surface area contributed by atoms with Crippen LogP contribution in [0.3, 0.4) is 0 Å². The number of hydrogen-bond donors (Lipinski definition) is 0. The van der Waals surface area contributed by atoms with Crippen LogP contribution in [0.2, 0.25) is 0 Å². The predicted molar refractivity (Wildman–Crippen MR) is 58.4 cm³/mol. The molecule has 1 heterocycles. The van der Waals surface area contributed by atoms with Gasteiger partial charge in [0.2, 0.25) is 0 Å². The molecule has 0 spiro atoms. The van der Waals surface area contributed by atoms with Crippen molar-refractivity contribution in [3.63, 3.8) is 0 Å². The van der Waals surface area contributed by atoms with E-state index in [4.69, 9.17) is 0 Å². The van der Waals surface area contributed by atoms with Gasteiger partial charge in [0.1, 0.15) is 18.0 Å². The molecular weight excluding hydrogens is 224 g/mol. The molecule has 0 amide bonds. The van der Waals surface area contributed by atoms with Gasteiger partial charge in [-0.3, -0.25) is 0 Å². The van der Waals surface area contributed by atoms with Gasteiger partial charge in [0.25, 0.3) is 0 Å². The molecule has 5 heteroatoms. The van der Waals surface area contributed by atoms with Gasteiger partial charge in [0, 0.05) is 12.1 Å². The van der Waals surface area contributed by atoms with E-state index in [-0.39, 0.29) is 0 Å². The van der Waals surface area contributed by atoms with Crippen molar-refractivity contribution < 1.29 is 8.78 Å². The van der Waals surface area contributed by atoms with Gasteiger partial charge >= 0.3 is 0 Å². The third-order valence-corrected chi connectivity index (χ3v) is 3.00. The molecule has 0 atom stereocenters. The first-order valence-electron chi connectivity index (χ1n) is 5.52. The van der Waals surface area contributed by atoms with Crippen LogP contribution in [0.4, 0.5) is 8.78 Å². The molecule has 1 aromatic carbocycles. The van der Waals surface area contributed by atoms with Crippen molar-refractivity contribution >= 4 is 0 Å². The van der Waals surface area contributed by atoms with E-state index in [2.05, 4.69) is 10.2 Å². The van der Waals surface area contributed by atoms with Gasteiger partial charge in [0.15, 0.2) is 5.82 Å². The molecule has 17 heavy (non-hydrogen) atoms. The highest BCUT2D eigenvalue weighted by Gasteiger charge is 2.27. The number of hydrogen-bond acceptors (Lipinski definition) is 2. The molecule has 1 saturated carbocycles. The van der Waals surface area contributed by atoms with Crippen LogP contribution >= 0.6 is 0 Å². The topological polar surface area (TPSA) is 30.7 Å². The van der Waals surface area contributed by atoms with Crippen molar-refractivity contribution in [3.05, 3.63) is 35.7 Å². The Morgan fingerprint density at radius 1 is 1.24 bits per heavy atom. The van der Waals surface area contributed by atoms with E-state index in [0.29, 0.717) is 23.0 Å². The maximum atomic E-state index is 13.7. The van der Waals surface area contributed by atoms with E-state index in [1.807, 2.05) is 4.57 Å². The highest BCUT2D eigenvalue weighted by atomic mass is 19.1. The summed E-state index contributed by atoms with van der Waals surface area (Å²) in [6, 6.07) is 2.74. The lowest BCUT2D eigenvalue weighted by Gasteiger charge is -2.07. The first-order chi connectivity index (χ1) is 8.16. The average molecular weight is 235 g/mol. The second kappa shape index (κ2) is 3.61.